The lowest BCUT2D eigenvalue weighted by Gasteiger charge is -2.16. The van der Waals surface area contributed by atoms with Crippen LogP contribution < -0.4 is 11.1 Å². The Morgan fingerprint density at radius 1 is 1.11 bits per heavy atom. The molecule has 0 aliphatic carbocycles. The van der Waals surface area contributed by atoms with Gasteiger partial charge in [0.15, 0.2) is 5.16 Å². The molecule has 2 aromatic carbocycles. The first kappa shape index (κ1) is 24.5. The van der Waals surface area contributed by atoms with Gasteiger partial charge in [0.25, 0.3) is 0 Å². The molecule has 0 radical (unpaired) electrons. The van der Waals surface area contributed by atoms with Crippen molar-refractivity contribution in [3.8, 4) is 11.1 Å². The lowest BCUT2D eigenvalue weighted by atomic mass is 10.0. The molecule has 0 spiro atoms. The number of hydrogen-bond acceptors (Lipinski definition) is 8. The summed E-state index contributed by atoms with van der Waals surface area (Å²) in [7, 11) is 0. The normalized spacial score (nSPS) is 11.7. The highest BCUT2D eigenvalue weighted by Gasteiger charge is 2.27. The number of thiophene rings is 1. The molecule has 35 heavy (non-hydrogen) atoms. The number of carbonyl (C=O) groups is 2. The smallest absolute Gasteiger partial charge is 0.341 e. The van der Waals surface area contributed by atoms with Crippen molar-refractivity contribution in [1.29, 1.82) is 0 Å². The van der Waals surface area contributed by atoms with E-state index in [1.807, 2.05) is 66.0 Å². The number of carbonyl (C=O) groups excluding carboxylic acids is 2. The molecule has 180 valence electrons. The molecule has 0 saturated heterocycles. The summed E-state index contributed by atoms with van der Waals surface area (Å²) in [4.78, 5) is 26.1. The van der Waals surface area contributed by atoms with E-state index >= 15 is 0 Å². The average Bonchev–Trinajstić information content (AvgIpc) is 3.46. The summed E-state index contributed by atoms with van der Waals surface area (Å²) >= 11 is 2.72. The molecule has 1 atom stereocenters. The van der Waals surface area contributed by atoms with Gasteiger partial charge < -0.3 is 15.8 Å². The highest BCUT2D eigenvalue weighted by atomic mass is 32.2. The van der Waals surface area contributed by atoms with Gasteiger partial charge in [0.05, 0.1) is 6.61 Å². The van der Waals surface area contributed by atoms with Crippen LogP contribution >= 0.6 is 23.1 Å². The van der Waals surface area contributed by atoms with Gasteiger partial charge in [0.1, 0.15) is 16.6 Å². The van der Waals surface area contributed by atoms with Gasteiger partial charge in [-0.15, -0.1) is 21.5 Å². The third-order valence-corrected chi connectivity index (χ3v) is 7.17. The Hall–Kier alpha value is -3.63. The average molecular weight is 508 g/mol. The lowest BCUT2D eigenvalue weighted by molar-refractivity contribution is -0.118. The third kappa shape index (κ3) is 5.55. The number of esters is 1. The second-order valence-corrected chi connectivity index (χ2v) is 9.41. The van der Waals surface area contributed by atoms with E-state index in [1.165, 1.54) is 23.1 Å². The van der Waals surface area contributed by atoms with Crippen LogP contribution in [0.1, 0.15) is 35.8 Å². The van der Waals surface area contributed by atoms with Crippen molar-refractivity contribution in [2.45, 2.75) is 30.8 Å². The predicted molar refractivity (Wildman–Crippen MR) is 139 cm³/mol. The Balaban J connectivity index is 1.57. The number of anilines is 2. The van der Waals surface area contributed by atoms with Gasteiger partial charge in [-0.05, 0) is 25.0 Å². The Bertz CT molecular complexity index is 1310. The van der Waals surface area contributed by atoms with E-state index in [0.717, 1.165) is 11.1 Å². The summed E-state index contributed by atoms with van der Waals surface area (Å²) in [6.07, 6.45) is 0. The number of nitrogen functional groups attached to an aromatic ring is 1. The first-order valence-corrected chi connectivity index (χ1v) is 12.9. The number of aromatic nitrogens is 3. The van der Waals surface area contributed by atoms with E-state index < -0.39 is 12.0 Å². The van der Waals surface area contributed by atoms with Crippen LogP contribution in [-0.2, 0) is 15.3 Å². The fourth-order valence-corrected chi connectivity index (χ4v) is 5.43. The zero-order valence-electron chi connectivity index (χ0n) is 19.3. The first-order valence-electron chi connectivity index (χ1n) is 11.0. The number of hydrogen-bond donors (Lipinski definition) is 2. The zero-order valence-corrected chi connectivity index (χ0v) is 20.9. The second kappa shape index (κ2) is 11.2. The van der Waals surface area contributed by atoms with Gasteiger partial charge in [-0.2, -0.15) is 0 Å². The maximum Gasteiger partial charge on any atom is 0.341 e. The van der Waals surface area contributed by atoms with Crippen LogP contribution in [0.25, 0.3) is 11.1 Å². The number of nitrogens with two attached hydrogens (primary N) is 1. The Labute approximate surface area is 211 Å². The van der Waals surface area contributed by atoms with Crippen molar-refractivity contribution in [3.05, 3.63) is 77.2 Å². The molecule has 8 nitrogen and oxygen atoms in total. The Morgan fingerprint density at radius 2 is 1.80 bits per heavy atom. The molecule has 3 N–H and O–H groups in total. The molecule has 0 saturated carbocycles. The summed E-state index contributed by atoms with van der Waals surface area (Å²) in [5.74, 6) is -0.0281. The number of thioether (sulfide) groups is 1. The maximum atomic E-state index is 13.3. The molecular weight excluding hydrogens is 482 g/mol. The van der Waals surface area contributed by atoms with Crippen LogP contribution in [-0.4, -0.2) is 33.2 Å². The third-order valence-electron chi connectivity index (χ3n) is 5.26. The molecule has 1 unspecified atom stereocenters. The summed E-state index contributed by atoms with van der Waals surface area (Å²) in [5.41, 5.74) is 9.09. The summed E-state index contributed by atoms with van der Waals surface area (Å²) < 4.78 is 6.88. The molecule has 10 heteroatoms. The van der Waals surface area contributed by atoms with Gasteiger partial charge in [0, 0.05) is 16.7 Å². The second-order valence-electron chi connectivity index (χ2n) is 7.59. The van der Waals surface area contributed by atoms with Crippen LogP contribution in [0, 0.1) is 0 Å². The van der Waals surface area contributed by atoms with Crippen LogP contribution in [0.2, 0.25) is 0 Å². The van der Waals surface area contributed by atoms with E-state index in [0.29, 0.717) is 27.0 Å². The monoisotopic (exact) mass is 507 g/mol. The highest BCUT2D eigenvalue weighted by molar-refractivity contribution is 7.98. The number of nitrogens with zero attached hydrogens (tertiary/aromatic N) is 3. The standard InChI is InChI=1S/C25H25N5O3S2/c1-3-33-23(32)20-19(18-12-8-5-9-13-18)15-34-22(20)27-21(31)16(2)30-24(26)28-29-25(30)35-14-17-10-6-4-7-11-17/h4-13,15-16H,3,14H2,1-2H3,(H2,26,28)(H,27,31). The summed E-state index contributed by atoms with van der Waals surface area (Å²) in [5, 5.41) is 13.8. The van der Waals surface area contributed by atoms with Crippen LogP contribution in [0.5, 0.6) is 0 Å². The van der Waals surface area contributed by atoms with Crippen molar-refractivity contribution < 1.29 is 14.3 Å². The van der Waals surface area contributed by atoms with Crippen molar-refractivity contribution in [2.75, 3.05) is 17.7 Å². The number of ether oxygens (including phenoxy) is 1. The van der Waals surface area contributed by atoms with Crippen molar-refractivity contribution >= 4 is 45.9 Å². The largest absolute Gasteiger partial charge is 0.462 e. The molecule has 0 aliphatic rings. The maximum absolute atomic E-state index is 13.3. The molecule has 0 aliphatic heterocycles. The lowest BCUT2D eigenvalue weighted by Crippen LogP contribution is -2.25. The van der Waals surface area contributed by atoms with Gasteiger partial charge in [0.2, 0.25) is 11.9 Å². The summed E-state index contributed by atoms with van der Waals surface area (Å²) in [6, 6.07) is 18.7. The zero-order chi connectivity index (χ0) is 24.8. The number of benzene rings is 2. The van der Waals surface area contributed by atoms with E-state index in [9.17, 15) is 9.59 Å². The van der Waals surface area contributed by atoms with Crippen molar-refractivity contribution in [2.24, 2.45) is 0 Å². The number of nitrogens with one attached hydrogen (secondary N) is 1. The van der Waals surface area contributed by atoms with Crippen molar-refractivity contribution in [1.82, 2.24) is 14.8 Å². The van der Waals surface area contributed by atoms with Gasteiger partial charge >= 0.3 is 5.97 Å². The predicted octanol–water partition coefficient (Wildman–Crippen LogP) is 5.26. The topological polar surface area (TPSA) is 112 Å². The molecule has 2 heterocycles. The molecule has 4 aromatic rings. The van der Waals surface area contributed by atoms with Gasteiger partial charge in [-0.3, -0.25) is 9.36 Å². The molecular formula is C25H25N5O3S2. The first-order chi connectivity index (χ1) is 17.0. The Morgan fingerprint density at radius 3 is 2.49 bits per heavy atom. The van der Waals surface area contributed by atoms with Crippen LogP contribution in [0.3, 0.4) is 0 Å². The van der Waals surface area contributed by atoms with Crippen LogP contribution in [0.4, 0.5) is 10.9 Å². The number of rotatable bonds is 9. The van der Waals surface area contributed by atoms with Crippen LogP contribution in [0.15, 0.2) is 71.2 Å². The van der Waals surface area contributed by atoms with Crippen molar-refractivity contribution in [3.63, 3.8) is 0 Å². The number of amides is 1. The van der Waals surface area contributed by atoms with E-state index in [4.69, 9.17) is 10.5 Å². The quantitative estimate of drug-likeness (QED) is 0.235. The molecule has 2 aromatic heterocycles. The van der Waals surface area contributed by atoms with E-state index in [-0.39, 0.29) is 18.5 Å². The fourth-order valence-electron chi connectivity index (χ4n) is 3.49. The van der Waals surface area contributed by atoms with E-state index in [2.05, 4.69) is 15.5 Å². The minimum atomic E-state index is -0.708. The van der Waals surface area contributed by atoms with Gasteiger partial charge in [-0.25, -0.2) is 4.79 Å². The van der Waals surface area contributed by atoms with Gasteiger partial charge in [-0.1, -0.05) is 72.4 Å². The summed E-state index contributed by atoms with van der Waals surface area (Å²) in [6.45, 7) is 3.69. The fraction of sp³-hybridized carbons (Fsp3) is 0.200. The minimum Gasteiger partial charge on any atom is -0.462 e. The molecule has 0 bridgehead atoms. The molecule has 4 rings (SSSR count). The van der Waals surface area contributed by atoms with E-state index in [1.54, 1.807) is 18.4 Å². The SMILES string of the molecule is CCOC(=O)c1c(-c2ccccc2)csc1NC(=O)C(C)n1c(N)nnc1SCc1ccccc1. The molecule has 1 amide bonds. The highest BCUT2D eigenvalue weighted by Crippen LogP contribution is 2.37. The Kier molecular flexibility index (Phi) is 7.84. The molecule has 0 fully saturated rings. The minimum absolute atomic E-state index is 0.144.